The van der Waals surface area contributed by atoms with E-state index < -0.39 is 9.05 Å². The zero-order valence-electron chi connectivity index (χ0n) is 12.0. The van der Waals surface area contributed by atoms with Crippen LogP contribution in [-0.2, 0) is 13.8 Å². The lowest BCUT2D eigenvalue weighted by Gasteiger charge is -2.27. The van der Waals surface area contributed by atoms with Crippen molar-refractivity contribution in [2.24, 2.45) is 0 Å². The second-order valence-corrected chi connectivity index (χ2v) is 7.42. The van der Waals surface area contributed by atoms with Gasteiger partial charge in [0.15, 0.2) is 0 Å². The highest BCUT2D eigenvalue weighted by Gasteiger charge is 2.23. The van der Waals surface area contributed by atoms with Crippen molar-refractivity contribution in [3.05, 3.63) is 28.8 Å². The van der Waals surface area contributed by atoms with Crippen LogP contribution in [0.3, 0.4) is 0 Å². The summed E-state index contributed by atoms with van der Waals surface area (Å²) in [5.41, 5.74) is 0.212. The molecule has 1 aromatic rings. The lowest BCUT2D eigenvalue weighted by molar-refractivity contribution is 0.0579. The topological polar surface area (TPSA) is 63.7 Å². The van der Waals surface area contributed by atoms with E-state index in [4.69, 9.17) is 27.0 Å². The first-order valence-electron chi connectivity index (χ1n) is 6.26. The van der Waals surface area contributed by atoms with Gasteiger partial charge in [-0.1, -0.05) is 11.6 Å². The number of carbonyl (C=O) groups is 1. The Labute approximate surface area is 134 Å². The van der Waals surface area contributed by atoms with E-state index in [-0.39, 0.29) is 27.4 Å². The molecule has 0 aliphatic rings. The van der Waals surface area contributed by atoms with E-state index in [9.17, 15) is 13.2 Å². The van der Waals surface area contributed by atoms with Crippen molar-refractivity contribution in [2.45, 2.75) is 24.8 Å². The largest absolute Gasteiger partial charge is 0.383 e. The van der Waals surface area contributed by atoms with Crippen molar-refractivity contribution in [3.8, 4) is 0 Å². The minimum absolute atomic E-state index is 0.0189. The molecule has 1 amide bonds. The number of amides is 1. The molecule has 0 heterocycles. The summed E-state index contributed by atoms with van der Waals surface area (Å²) in [6, 6.07) is 3.87. The van der Waals surface area contributed by atoms with Gasteiger partial charge in [0.1, 0.15) is 4.90 Å². The van der Waals surface area contributed by atoms with Gasteiger partial charge in [0.25, 0.3) is 15.0 Å². The molecular formula is C13H17Cl2NO4S. The molecule has 0 spiro atoms. The highest BCUT2D eigenvalue weighted by molar-refractivity contribution is 8.13. The lowest BCUT2D eigenvalue weighted by atomic mass is 10.1. The van der Waals surface area contributed by atoms with E-state index in [2.05, 4.69) is 0 Å². The fourth-order valence-electron chi connectivity index (χ4n) is 1.98. The number of carbonyl (C=O) groups excluding carboxylic acids is 1. The molecule has 0 aromatic heterocycles. The van der Waals surface area contributed by atoms with E-state index in [1.807, 2.05) is 13.8 Å². The normalized spacial score (nSPS) is 13.0. The molecule has 0 bridgehead atoms. The number of benzene rings is 1. The van der Waals surface area contributed by atoms with Gasteiger partial charge in [0.05, 0.1) is 17.7 Å². The van der Waals surface area contributed by atoms with Gasteiger partial charge < -0.3 is 9.64 Å². The molecule has 1 unspecified atom stereocenters. The molecule has 0 aliphatic carbocycles. The van der Waals surface area contributed by atoms with Crippen molar-refractivity contribution in [3.63, 3.8) is 0 Å². The first kappa shape index (κ1) is 18.2. The predicted molar refractivity (Wildman–Crippen MR) is 82.5 cm³/mol. The van der Waals surface area contributed by atoms with Crippen LogP contribution < -0.4 is 0 Å². The minimum Gasteiger partial charge on any atom is -0.383 e. The van der Waals surface area contributed by atoms with E-state index in [0.717, 1.165) is 0 Å². The number of halogens is 2. The van der Waals surface area contributed by atoms with Crippen LogP contribution in [0.1, 0.15) is 24.2 Å². The average Bonchev–Trinajstić information content (AvgIpc) is 2.38. The van der Waals surface area contributed by atoms with Gasteiger partial charge in [0.2, 0.25) is 0 Å². The molecule has 0 fully saturated rings. The standard InChI is InChI=1S/C13H17Cl2NO4S/c1-4-16(9(2)8-20-3)13(17)10-5-6-11(14)12(7-10)21(15,18)19/h5-7,9H,4,8H2,1-3H3. The summed E-state index contributed by atoms with van der Waals surface area (Å²) in [4.78, 5) is 13.8. The van der Waals surface area contributed by atoms with Gasteiger partial charge in [0, 0.05) is 29.9 Å². The van der Waals surface area contributed by atoms with Crippen LogP contribution in [-0.4, -0.2) is 45.5 Å². The van der Waals surface area contributed by atoms with Crippen molar-refractivity contribution in [1.82, 2.24) is 4.90 Å². The average molecular weight is 354 g/mol. The summed E-state index contributed by atoms with van der Waals surface area (Å²) in [6.07, 6.45) is 0. The van der Waals surface area contributed by atoms with Gasteiger partial charge >= 0.3 is 0 Å². The Balaban J connectivity index is 3.18. The molecule has 118 valence electrons. The maximum absolute atomic E-state index is 12.5. The number of hydrogen-bond acceptors (Lipinski definition) is 4. The first-order chi connectivity index (χ1) is 9.72. The monoisotopic (exact) mass is 353 g/mol. The maximum atomic E-state index is 12.5. The summed E-state index contributed by atoms with van der Waals surface area (Å²) in [5.74, 6) is -0.305. The van der Waals surface area contributed by atoms with E-state index in [1.54, 1.807) is 12.0 Å². The summed E-state index contributed by atoms with van der Waals surface area (Å²) in [6.45, 7) is 4.53. The van der Waals surface area contributed by atoms with Crippen LogP contribution in [0, 0.1) is 0 Å². The summed E-state index contributed by atoms with van der Waals surface area (Å²) in [7, 11) is 2.85. The SMILES string of the molecule is CCN(C(=O)c1ccc(Cl)c(S(=O)(=O)Cl)c1)C(C)COC. The smallest absolute Gasteiger partial charge is 0.262 e. The van der Waals surface area contributed by atoms with Crippen LogP contribution in [0.4, 0.5) is 0 Å². The summed E-state index contributed by atoms with van der Waals surface area (Å²) in [5, 5.41) is -0.0189. The third-order valence-corrected chi connectivity index (χ3v) is 4.79. The molecule has 5 nitrogen and oxygen atoms in total. The zero-order chi connectivity index (χ0) is 16.2. The van der Waals surface area contributed by atoms with Crippen LogP contribution >= 0.6 is 22.3 Å². The van der Waals surface area contributed by atoms with Crippen LogP contribution in [0.2, 0.25) is 5.02 Å². The van der Waals surface area contributed by atoms with Crippen molar-refractivity contribution in [1.29, 1.82) is 0 Å². The van der Waals surface area contributed by atoms with Gasteiger partial charge in [-0.2, -0.15) is 0 Å². The van der Waals surface area contributed by atoms with Crippen LogP contribution in [0.5, 0.6) is 0 Å². The van der Waals surface area contributed by atoms with E-state index >= 15 is 0 Å². The third-order valence-electron chi connectivity index (χ3n) is 2.98. The van der Waals surface area contributed by atoms with Gasteiger partial charge in [-0.05, 0) is 32.0 Å². The Hall–Kier alpha value is -0.820. The molecule has 0 saturated heterocycles. The number of hydrogen-bond donors (Lipinski definition) is 0. The molecule has 0 N–H and O–H groups in total. The summed E-state index contributed by atoms with van der Waals surface area (Å²) >= 11 is 5.80. The van der Waals surface area contributed by atoms with E-state index in [1.165, 1.54) is 18.2 Å². The number of methoxy groups -OCH3 is 1. The highest BCUT2D eigenvalue weighted by Crippen LogP contribution is 2.26. The van der Waals surface area contributed by atoms with Crippen molar-refractivity contribution in [2.75, 3.05) is 20.3 Å². The summed E-state index contributed by atoms with van der Waals surface area (Å²) < 4.78 is 27.9. The molecule has 0 saturated carbocycles. The molecule has 1 rings (SSSR count). The second-order valence-electron chi connectivity index (χ2n) is 4.48. The first-order valence-corrected chi connectivity index (χ1v) is 8.95. The van der Waals surface area contributed by atoms with Gasteiger partial charge in [-0.15, -0.1) is 0 Å². The van der Waals surface area contributed by atoms with Crippen molar-refractivity contribution >= 4 is 37.2 Å². The number of ether oxygens (including phenoxy) is 1. The number of likely N-dealkylation sites (N-methyl/N-ethyl adjacent to an activating group) is 1. The third kappa shape index (κ3) is 4.57. The van der Waals surface area contributed by atoms with Crippen LogP contribution in [0.15, 0.2) is 23.1 Å². The quantitative estimate of drug-likeness (QED) is 0.737. The predicted octanol–water partition coefficient (Wildman–Crippen LogP) is 2.76. The minimum atomic E-state index is -4.01. The number of rotatable bonds is 6. The zero-order valence-corrected chi connectivity index (χ0v) is 14.3. The molecule has 21 heavy (non-hydrogen) atoms. The Morgan fingerprint density at radius 1 is 1.43 bits per heavy atom. The Kier molecular flexibility index (Phi) is 6.46. The fraction of sp³-hybridized carbons (Fsp3) is 0.462. The maximum Gasteiger partial charge on any atom is 0.262 e. The molecule has 1 atom stereocenters. The molecular weight excluding hydrogens is 337 g/mol. The second kappa shape index (κ2) is 7.45. The molecule has 0 aliphatic heterocycles. The van der Waals surface area contributed by atoms with E-state index in [0.29, 0.717) is 13.2 Å². The fourth-order valence-corrected chi connectivity index (χ4v) is 3.47. The Morgan fingerprint density at radius 3 is 2.52 bits per heavy atom. The highest BCUT2D eigenvalue weighted by atomic mass is 35.7. The van der Waals surface area contributed by atoms with Gasteiger partial charge in [-0.3, -0.25) is 4.79 Å². The lowest BCUT2D eigenvalue weighted by Crippen LogP contribution is -2.40. The Bertz CT molecular complexity index is 619. The number of nitrogens with zero attached hydrogens (tertiary/aromatic N) is 1. The molecule has 1 aromatic carbocycles. The molecule has 0 radical (unpaired) electrons. The Morgan fingerprint density at radius 2 is 2.05 bits per heavy atom. The van der Waals surface area contributed by atoms with Crippen LogP contribution in [0.25, 0.3) is 0 Å². The molecule has 8 heteroatoms. The van der Waals surface area contributed by atoms with Crippen molar-refractivity contribution < 1.29 is 17.9 Å². The van der Waals surface area contributed by atoms with Gasteiger partial charge in [-0.25, -0.2) is 8.42 Å².